The number of nitrogens with zero attached hydrogens (tertiary/aromatic N) is 2. The van der Waals surface area contributed by atoms with Crippen LogP contribution in [0, 0.1) is 10.1 Å². The molecule has 160 valence electrons. The van der Waals surface area contributed by atoms with Gasteiger partial charge >= 0.3 is 11.9 Å². The summed E-state index contributed by atoms with van der Waals surface area (Å²) in [6.07, 6.45) is 1.45. The van der Waals surface area contributed by atoms with E-state index in [-0.39, 0.29) is 51.8 Å². The van der Waals surface area contributed by atoms with Gasteiger partial charge in [-0.1, -0.05) is 11.6 Å². The highest BCUT2D eigenvalue weighted by Crippen LogP contribution is 2.30. The Balaban J connectivity index is 2.31. The number of nitro groups is 1. The lowest BCUT2D eigenvalue weighted by atomic mass is 10.0. The number of benzene rings is 1. The molecular weight excluding hydrogens is 428 g/mol. The monoisotopic (exact) mass is 444 g/mol. The number of hydrogen-bond acceptors (Lipinski definition) is 7. The number of pyridine rings is 1. The van der Waals surface area contributed by atoms with Crippen LogP contribution in [0.3, 0.4) is 0 Å². The predicted molar refractivity (Wildman–Crippen MR) is 111 cm³/mol. The number of fused-ring (bicyclic) bond motifs is 1. The Morgan fingerprint density at radius 2 is 1.58 bits per heavy atom. The van der Waals surface area contributed by atoms with Gasteiger partial charge in [0, 0.05) is 28.9 Å². The Labute approximate surface area is 181 Å². The van der Waals surface area contributed by atoms with Gasteiger partial charge < -0.3 is 13.9 Å². The molecule has 0 spiro atoms. The Bertz CT molecular complexity index is 1200. The molecule has 0 radical (unpaired) electrons. The van der Waals surface area contributed by atoms with Crippen LogP contribution in [-0.4, -0.2) is 40.3 Å². The van der Waals surface area contributed by atoms with Crippen molar-refractivity contribution in [2.75, 3.05) is 13.2 Å². The molecule has 2 heterocycles. The van der Waals surface area contributed by atoms with Gasteiger partial charge in [-0.15, -0.1) is 0 Å². The number of nitro benzene ring substituents is 1. The second kappa shape index (κ2) is 8.97. The van der Waals surface area contributed by atoms with E-state index in [2.05, 4.69) is 0 Å². The Kier molecular flexibility index (Phi) is 6.36. The van der Waals surface area contributed by atoms with Gasteiger partial charge in [-0.05, 0) is 38.1 Å². The fourth-order valence-corrected chi connectivity index (χ4v) is 3.29. The molecule has 10 heteroatoms. The van der Waals surface area contributed by atoms with Crippen molar-refractivity contribution < 1.29 is 28.8 Å². The van der Waals surface area contributed by atoms with Crippen molar-refractivity contribution in [1.29, 1.82) is 0 Å². The van der Waals surface area contributed by atoms with Gasteiger partial charge in [-0.25, -0.2) is 9.59 Å². The summed E-state index contributed by atoms with van der Waals surface area (Å²) in [5, 5.41) is 11.2. The van der Waals surface area contributed by atoms with Crippen LogP contribution >= 0.6 is 11.6 Å². The largest absolute Gasteiger partial charge is 0.462 e. The third-order valence-electron chi connectivity index (χ3n) is 4.42. The molecule has 0 unspecified atom stereocenters. The Morgan fingerprint density at radius 3 is 2.13 bits per heavy atom. The minimum atomic E-state index is -0.879. The number of rotatable bonds is 7. The topological polar surface area (TPSA) is 117 Å². The Morgan fingerprint density at radius 1 is 1.00 bits per heavy atom. The maximum Gasteiger partial charge on any atom is 0.341 e. The third-order valence-corrected chi connectivity index (χ3v) is 4.65. The molecule has 0 saturated heterocycles. The van der Waals surface area contributed by atoms with E-state index < -0.39 is 22.6 Å². The van der Waals surface area contributed by atoms with Crippen LogP contribution in [0.5, 0.6) is 0 Å². The lowest BCUT2D eigenvalue weighted by Crippen LogP contribution is -2.16. The zero-order chi connectivity index (χ0) is 22.7. The van der Waals surface area contributed by atoms with E-state index in [4.69, 9.17) is 21.1 Å². The van der Waals surface area contributed by atoms with Crippen LogP contribution < -0.4 is 0 Å². The zero-order valence-electron chi connectivity index (χ0n) is 16.6. The predicted octanol–water partition coefficient (Wildman–Crippen LogP) is 4.09. The fourth-order valence-electron chi connectivity index (χ4n) is 3.13. The number of hydrogen-bond donors (Lipinski definition) is 0. The smallest absolute Gasteiger partial charge is 0.341 e. The van der Waals surface area contributed by atoms with E-state index >= 15 is 0 Å². The van der Waals surface area contributed by atoms with Gasteiger partial charge in [-0.2, -0.15) is 0 Å². The molecule has 0 aliphatic rings. The summed E-state index contributed by atoms with van der Waals surface area (Å²) < 4.78 is 11.6. The summed E-state index contributed by atoms with van der Waals surface area (Å²) >= 11 is 6.09. The van der Waals surface area contributed by atoms with Crippen molar-refractivity contribution in [1.82, 2.24) is 4.40 Å². The van der Waals surface area contributed by atoms with Gasteiger partial charge in [-0.3, -0.25) is 14.9 Å². The molecule has 2 aromatic heterocycles. The molecular formula is C21H17ClN2O7. The van der Waals surface area contributed by atoms with Gasteiger partial charge in [0.25, 0.3) is 5.69 Å². The molecule has 9 nitrogen and oxygen atoms in total. The maximum atomic E-state index is 13.4. The quantitative estimate of drug-likeness (QED) is 0.233. The van der Waals surface area contributed by atoms with Crippen LogP contribution in [0.25, 0.3) is 5.52 Å². The molecule has 0 N–H and O–H groups in total. The normalized spacial score (nSPS) is 10.7. The number of carbonyl (C=O) groups excluding carboxylic acids is 3. The standard InChI is InChI=1S/C21H17ClN2O7/c1-3-30-20(26)16-15-11-13(22)9-10-23(15)18(17(16)21(27)31-4-2)19(25)12-5-7-14(8-6-12)24(28)29/h5-11H,3-4H2,1-2H3. The Hall–Kier alpha value is -3.72. The highest BCUT2D eigenvalue weighted by Gasteiger charge is 2.33. The van der Waals surface area contributed by atoms with E-state index in [1.165, 1.54) is 47.0 Å². The SMILES string of the molecule is CCOC(=O)c1c(C(=O)OCC)c2cc(Cl)ccn2c1C(=O)c1ccc([N+](=O)[O-])cc1. The number of halogens is 1. The summed E-state index contributed by atoms with van der Waals surface area (Å²) in [4.78, 5) is 49.2. The molecule has 31 heavy (non-hydrogen) atoms. The third kappa shape index (κ3) is 4.13. The first-order chi connectivity index (χ1) is 14.8. The molecule has 0 fully saturated rings. The summed E-state index contributed by atoms with van der Waals surface area (Å²) in [5.74, 6) is -2.32. The van der Waals surface area contributed by atoms with E-state index in [9.17, 15) is 24.5 Å². The lowest BCUT2D eigenvalue weighted by molar-refractivity contribution is -0.384. The summed E-state index contributed by atoms with van der Waals surface area (Å²) in [6.45, 7) is 3.26. The average molecular weight is 445 g/mol. The first-order valence-corrected chi connectivity index (χ1v) is 9.64. The van der Waals surface area contributed by atoms with Gasteiger partial charge in [0.05, 0.1) is 23.7 Å². The molecule has 1 aromatic carbocycles. The average Bonchev–Trinajstić information content (AvgIpc) is 3.08. The van der Waals surface area contributed by atoms with E-state index in [1.807, 2.05) is 0 Å². The first-order valence-electron chi connectivity index (χ1n) is 9.27. The maximum absolute atomic E-state index is 13.4. The number of ketones is 1. The molecule has 0 aliphatic heterocycles. The van der Waals surface area contributed by atoms with Crippen molar-refractivity contribution in [3.8, 4) is 0 Å². The van der Waals surface area contributed by atoms with Crippen LogP contribution in [0.15, 0.2) is 42.6 Å². The lowest BCUT2D eigenvalue weighted by Gasteiger charge is -2.07. The molecule has 0 aliphatic carbocycles. The molecule has 3 aromatic rings. The minimum Gasteiger partial charge on any atom is -0.462 e. The highest BCUT2D eigenvalue weighted by molar-refractivity contribution is 6.31. The number of ether oxygens (including phenoxy) is 2. The highest BCUT2D eigenvalue weighted by atomic mass is 35.5. The summed E-state index contributed by atoms with van der Waals surface area (Å²) in [6, 6.07) is 7.82. The molecule has 0 amide bonds. The molecule has 0 atom stereocenters. The van der Waals surface area contributed by atoms with Crippen LogP contribution in [-0.2, 0) is 9.47 Å². The summed E-state index contributed by atoms with van der Waals surface area (Å²) in [7, 11) is 0. The number of aromatic nitrogens is 1. The van der Waals surface area contributed by atoms with Crippen molar-refractivity contribution in [2.24, 2.45) is 0 Å². The fraction of sp³-hybridized carbons (Fsp3) is 0.190. The van der Waals surface area contributed by atoms with Crippen LogP contribution in [0.1, 0.15) is 50.6 Å². The van der Waals surface area contributed by atoms with Crippen LogP contribution in [0.2, 0.25) is 5.02 Å². The number of esters is 2. The second-order valence-corrected chi connectivity index (χ2v) is 6.71. The van der Waals surface area contributed by atoms with Crippen molar-refractivity contribution in [3.05, 3.63) is 80.1 Å². The summed E-state index contributed by atoms with van der Waals surface area (Å²) in [5.41, 5.74) is -0.456. The second-order valence-electron chi connectivity index (χ2n) is 6.27. The van der Waals surface area contributed by atoms with Crippen molar-refractivity contribution in [3.63, 3.8) is 0 Å². The first kappa shape index (κ1) is 22.0. The van der Waals surface area contributed by atoms with E-state index in [0.717, 1.165) is 0 Å². The van der Waals surface area contributed by atoms with Gasteiger partial charge in [0.1, 0.15) is 16.8 Å². The van der Waals surface area contributed by atoms with E-state index in [1.54, 1.807) is 13.8 Å². The van der Waals surface area contributed by atoms with E-state index in [0.29, 0.717) is 0 Å². The van der Waals surface area contributed by atoms with Crippen LogP contribution in [0.4, 0.5) is 5.69 Å². The molecule has 0 saturated carbocycles. The number of carbonyl (C=O) groups is 3. The number of non-ortho nitro benzene ring substituents is 1. The molecule has 3 rings (SSSR count). The van der Waals surface area contributed by atoms with Gasteiger partial charge in [0.2, 0.25) is 5.78 Å². The minimum absolute atomic E-state index is 0.0131. The van der Waals surface area contributed by atoms with Crippen molar-refractivity contribution >= 4 is 40.5 Å². The van der Waals surface area contributed by atoms with Gasteiger partial charge in [0.15, 0.2) is 0 Å². The zero-order valence-corrected chi connectivity index (χ0v) is 17.3. The molecule has 0 bridgehead atoms. The van der Waals surface area contributed by atoms with Crippen molar-refractivity contribution in [2.45, 2.75) is 13.8 Å².